The van der Waals surface area contributed by atoms with Crippen molar-refractivity contribution in [3.63, 3.8) is 0 Å². The molecule has 0 saturated carbocycles. The van der Waals surface area contributed by atoms with Crippen molar-refractivity contribution in [1.29, 1.82) is 0 Å². The average Bonchev–Trinajstić information content (AvgIpc) is 3.72. The van der Waals surface area contributed by atoms with Crippen molar-refractivity contribution in [2.75, 3.05) is 59.0 Å². The summed E-state index contributed by atoms with van der Waals surface area (Å²) in [5.74, 6) is -3.39. The largest absolute Gasteiger partial charge is 0.493 e. The van der Waals surface area contributed by atoms with E-state index in [1.165, 1.54) is 15.3 Å². The van der Waals surface area contributed by atoms with Crippen LogP contribution in [-0.2, 0) is 27.9 Å². The molecule has 4 aliphatic heterocycles. The number of piperazine rings is 1. The zero-order valence-electron chi connectivity index (χ0n) is 29.6. The van der Waals surface area contributed by atoms with Crippen LogP contribution < -0.4 is 20.0 Å². The summed E-state index contributed by atoms with van der Waals surface area (Å²) in [4.78, 5) is 46.4. The van der Waals surface area contributed by atoms with Gasteiger partial charge in [-0.1, -0.05) is 0 Å². The molecule has 15 heteroatoms. The van der Waals surface area contributed by atoms with Gasteiger partial charge < -0.3 is 23.7 Å². The Balaban J connectivity index is 1.13. The second-order valence-electron chi connectivity index (χ2n) is 14.1. The van der Waals surface area contributed by atoms with E-state index in [-0.39, 0.29) is 42.3 Å². The number of likely N-dealkylation sites (N-methyl/N-ethyl adjacent to an activating group) is 1. The number of halogens is 1. The molecule has 1 N–H and O–H groups in total. The minimum atomic E-state index is -4.16. The number of carbonyl (C=O) groups is 2. The molecule has 1 atom stereocenters. The van der Waals surface area contributed by atoms with E-state index < -0.39 is 39.2 Å². The summed E-state index contributed by atoms with van der Waals surface area (Å²) in [7, 11) is 0.769. The minimum Gasteiger partial charge on any atom is -0.493 e. The van der Waals surface area contributed by atoms with Gasteiger partial charge in [0, 0.05) is 62.0 Å². The molecule has 3 fully saturated rings. The molecule has 0 spiro atoms. The summed E-state index contributed by atoms with van der Waals surface area (Å²) in [5, 5.41) is 0.848. The second-order valence-corrected chi connectivity index (χ2v) is 15.7. The van der Waals surface area contributed by atoms with Crippen molar-refractivity contribution in [2.45, 2.75) is 70.6 Å². The summed E-state index contributed by atoms with van der Waals surface area (Å²) < 4.78 is 62.1. The van der Waals surface area contributed by atoms with Gasteiger partial charge in [-0.05, 0) is 82.3 Å². The first kappa shape index (κ1) is 35.4. The fourth-order valence-corrected chi connectivity index (χ4v) is 10.2. The molecule has 2 bridgehead atoms. The smallest absolute Gasteiger partial charge is 0.341 e. The number of fused-ring (bicyclic) bond motifs is 5. The van der Waals surface area contributed by atoms with E-state index in [2.05, 4.69) is 27.6 Å². The lowest BCUT2D eigenvalue weighted by atomic mass is 9.92. The van der Waals surface area contributed by atoms with Crippen molar-refractivity contribution in [3.05, 3.63) is 67.8 Å². The van der Waals surface area contributed by atoms with Crippen LogP contribution in [0.25, 0.3) is 11.0 Å². The van der Waals surface area contributed by atoms with Crippen LogP contribution in [0.3, 0.4) is 0 Å². The highest BCUT2D eigenvalue weighted by atomic mass is 32.2. The number of aryl methyl sites for hydroxylation is 2. The second kappa shape index (κ2) is 13.5. The number of methoxy groups -OCH3 is 2. The number of nitrogens with zero attached hydrogens (tertiary/aromatic N) is 4. The third-order valence-corrected chi connectivity index (χ3v) is 12.8. The first-order valence-electron chi connectivity index (χ1n) is 17.4. The third-order valence-electron chi connectivity index (χ3n) is 11.2. The Morgan fingerprint density at radius 2 is 1.71 bits per heavy atom. The Morgan fingerprint density at radius 1 is 1.02 bits per heavy atom. The number of nitrogens with one attached hydrogen (secondary N) is 1. The van der Waals surface area contributed by atoms with Crippen LogP contribution in [-0.4, -0.2) is 107 Å². The van der Waals surface area contributed by atoms with Crippen LogP contribution in [0.5, 0.6) is 5.75 Å². The van der Waals surface area contributed by atoms with Gasteiger partial charge >= 0.3 is 15.8 Å². The Hall–Kier alpha value is -4.05. The van der Waals surface area contributed by atoms with Gasteiger partial charge in [0.2, 0.25) is 0 Å². The number of rotatable bonds is 8. The van der Waals surface area contributed by atoms with Crippen LogP contribution in [0.4, 0.5) is 10.1 Å². The van der Waals surface area contributed by atoms with Crippen LogP contribution >= 0.6 is 0 Å². The highest BCUT2D eigenvalue weighted by Crippen LogP contribution is 2.40. The maximum absolute atomic E-state index is 15.9. The SMILES string of the molecule is COCC1CN(c2cc(C)c3c4c(c(=O)oc3c2C)CN(C(=O)c2ccc(C(=O)NS(=O)(=O)N3C5CCC3CC5)c(OC)c2F)CC4)CCN1C. The van der Waals surface area contributed by atoms with Gasteiger partial charge in [0.15, 0.2) is 11.6 Å². The predicted molar refractivity (Wildman–Crippen MR) is 188 cm³/mol. The molecule has 2 aromatic carbocycles. The molecule has 2 amide bonds. The van der Waals surface area contributed by atoms with Gasteiger partial charge in [-0.25, -0.2) is 13.9 Å². The minimum absolute atomic E-state index is 0.0930. The van der Waals surface area contributed by atoms with E-state index in [1.54, 1.807) is 7.11 Å². The quantitative estimate of drug-likeness (QED) is 0.345. The Morgan fingerprint density at radius 3 is 2.37 bits per heavy atom. The van der Waals surface area contributed by atoms with Crippen molar-refractivity contribution in [1.82, 2.24) is 18.8 Å². The molecule has 3 aromatic rings. The zero-order chi connectivity index (χ0) is 36.4. The number of hydrogen-bond acceptors (Lipinski definition) is 10. The molecular formula is C36H44FN5O8S. The van der Waals surface area contributed by atoms with Crippen LogP contribution in [0.2, 0.25) is 0 Å². The topological polar surface area (TPSA) is 142 Å². The number of ether oxygens (including phenoxy) is 2. The van der Waals surface area contributed by atoms with Gasteiger partial charge in [0.05, 0.1) is 43.0 Å². The highest BCUT2D eigenvalue weighted by molar-refractivity contribution is 7.87. The van der Waals surface area contributed by atoms with E-state index in [4.69, 9.17) is 13.9 Å². The first-order chi connectivity index (χ1) is 24.3. The number of benzene rings is 2. The normalized spacial score (nSPS) is 22.4. The lowest BCUT2D eigenvalue weighted by Crippen LogP contribution is -2.53. The van der Waals surface area contributed by atoms with E-state index in [1.807, 2.05) is 13.8 Å². The van der Waals surface area contributed by atoms with E-state index >= 15 is 4.39 Å². The highest BCUT2D eigenvalue weighted by Gasteiger charge is 2.47. The molecule has 5 heterocycles. The van der Waals surface area contributed by atoms with E-state index in [9.17, 15) is 22.8 Å². The van der Waals surface area contributed by atoms with Crippen LogP contribution in [0, 0.1) is 19.7 Å². The molecule has 4 aliphatic rings. The van der Waals surface area contributed by atoms with Crippen molar-refractivity contribution in [3.8, 4) is 5.75 Å². The molecule has 1 unspecified atom stereocenters. The maximum atomic E-state index is 15.9. The molecule has 1 aromatic heterocycles. The fourth-order valence-electron chi connectivity index (χ4n) is 8.54. The molecule has 3 saturated heterocycles. The predicted octanol–water partition coefficient (Wildman–Crippen LogP) is 3.12. The molecule has 51 heavy (non-hydrogen) atoms. The number of anilines is 1. The average molecular weight is 726 g/mol. The molecular weight excluding hydrogens is 681 g/mol. The molecule has 13 nitrogen and oxygen atoms in total. The van der Waals surface area contributed by atoms with Crippen molar-refractivity contribution >= 4 is 38.7 Å². The van der Waals surface area contributed by atoms with Crippen molar-refractivity contribution < 1.29 is 36.3 Å². The summed E-state index contributed by atoms with van der Waals surface area (Å²) in [6, 6.07) is 4.36. The fraction of sp³-hybridized carbons (Fsp3) is 0.528. The van der Waals surface area contributed by atoms with Gasteiger partial charge in [-0.15, -0.1) is 0 Å². The van der Waals surface area contributed by atoms with Gasteiger partial charge in [0.1, 0.15) is 5.58 Å². The van der Waals surface area contributed by atoms with Gasteiger partial charge in [-0.3, -0.25) is 14.5 Å². The molecule has 0 radical (unpaired) electrons. The van der Waals surface area contributed by atoms with Crippen LogP contribution in [0.1, 0.15) is 68.7 Å². The van der Waals surface area contributed by atoms with E-state index in [0.29, 0.717) is 24.2 Å². The number of hydrogen-bond donors (Lipinski definition) is 1. The lowest BCUT2D eigenvalue weighted by molar-refractivity contribution is 0.0726. The summed E-state index contributed by atoms with van der Waals surface area (Å²) in [5.41, 5.74) is 3.23. The molecule has 0 aliphatic carbocycles. The van der Waals surface area contributed by atoms with E-state index in [0.717, 1.165) is 86.3 Å². The van der Waals surface area contributed by atoms with Gasteiger partial charge in [0.25, 0.3) is 11.8 Å². The van der Waals surface area contributed by atoms with Crippen molar-refractivity contribution in [2.24, 2.45) is 0 Å². The maximum Gasteiger partial charge on any atom is 0.341 e. The summed E-state index contributed by atoms with van der Waals surface area (Å²) in [6.45, 7) is 7.13. The van der Waals surface area contributed by atoms with Crippen LogP contribution in [0.15, 0.2) is 27.4 Å². The standard InChI is InChI=1S/C36H44FN5O8S/c1-20-16-29(40-15-14-39(3)24(17-40)19-48-4)21(2)32-30(20)25-12-13-41(18-28(25)36(45)50-32)35(44)26-10-11-27(33(49-5)31(26)37)34(43)38-51(46,47)42-22-6-7-23(42)9-8-22/h10-11,16,22-24H,6-9,12-15,17-19H2,1-5H3,(H,38,43). The first-order valence-corrected chi connectivity index (χ1v) is 18.8. The molecule has 7 rings (SSSR count). The summed E-state index contributed by atoms with van der Waals surface area (Å²) in [6.07, 6.45) is 3.30. The zero-order valence-corrected chi connectivity index (χ0v) is 30.4. The third kappa shape index (κ3) is 6.07. The molecule has 274 valence electrons. The van der Waals surface area contributed by atoms with Gasteiger partial charge in [-0.2, -0.15) is 12.7 Å². The lowest BCUT2D eigenvalue weighted by Gasteiger charge is -2.41. The number of amides is 2. The number of carbonyl (C=O) groups excluding carboxylic acids is 2. The monoisotopic (exact) mass is 725 g/mol. The Labute approximate surface area is 296 Å². The Kier molecular flexibility index (Phi) is 9.35. The Bertz CT molecular complexity index is 2070. The summed E-state index contributed by atoms with van der Waals surface area (Å²) >= 11 is 0.